The van der Waals surface area contributed by atoms with Gasteiger partial charge in [0.15, 0.2) is 5.52 Å². The van der Waals surface area contributed by atoms with Crippen molar-refractivity contribution in [3.8, 4) is 11.8 Å². The first-order chi connectivity index (χ1) is 10.5. The quantitative estimate of drug-likeness (QED) is 0.655. The molecule has 3 aromatic rings. The topological polar surface area (TPSA) is 107 Å². The van der Waals surface area contributed by atoms with E-state index in [0.29, 0.717) is 5.69 Å². The summed E-state index contributed by atoms with van der Waals surface area (Å²) in [5.41, 5.74) is 0.177. The van der Waals surface area contributed by atoms with Crippen molar-refractivity contribution in [1.29, 1.82) is 5.26 Å². The van der Waals surface area contributed by atoms with Gasteiger partial charge in [-0.1, -0.05) is 17.7 Å². The van der Waals surface area contributed by atoms with Crippen molar-refractivity contribution in [3.63, 3.8) is 0 Å². The third kappa shape index (κ3) is 1.94. The summed E-state index contributed by atoms with van der Waals surface area (Å²) in [5.74, 6) is 5.52. The SMILES string of the molecule is Cc1ccc(-n2nc3c(=O)n(N)ccc3c(C#N)c2=O)cc1. The number of hydrogen-bond acceptors (Lipinski definition) is 5. The van der Waals surface area contributed by atoms with Crippen LogP contribution in [0, 0.1) is 18.3 Å². The summed E-state index contributed by atoms with van der Waals surface area (Å²) >= 11 is 0. The van der Waals surface area contributed by atoms with Crippen LogP contribution >= 0.6 is 0 Å². The van der Waals surface area contributed by atoms with Gasteiger partial charge in [0.25, 0.3) is 11.1 Å². The van der Waals surface area contributed by atoms with Crippen LogP contribution in [0.1, 0.15) is 11.1 Å². The van der Waals surface area contributed by atoms with Crippen LogP contribution in [0.25, 0.3) is 16.6 Å². The van der Waals surface area contributed by atoms with Crippen LogP contribution in [0.15, 0.2) is 46.1 Å². The molecule has 1 aromatic carbocycles. The number of rotatable bonds is 1. The van der Waals surface area contributed by atoms with E-state index in [1.165, 1.54) is 12.3 Å². The van der Waals surface area contributed by atoms with Gasteiger partial charge >= 0.3 is 0 Å². The molecule has 0 aliphatic heterocycles. The second kappa shape index (κ2) is 4.86. The molecule has 2 heterocycles. The number of aromatic nitrogens is 3. The summed E-state index contributed by atoms with van der Waals surface area (Å²) in [7, 11) is 0. The van der Waals surface area contributed by atoms with E-state index in [1.807, 2.05) is 25.1 Å². The number of pyridine rings is 1. The Bertz CT molecular complexity index is 1040. The summed E-state index contributed by atoms with van der Waals surface area (Å²) < 4.78 is 1.90. The lowest BCUT2D eigenvalue weighted by molar-refractivity contribution is 0.816. The zero-order valence-corrected chi connectivity index (χ0v) is 11.6. The van der Waals surface area contributed by atoms with Gasteiger partial charge in [-0.2, -0.15) is 15.0 Å². The van der Waals surface area contributed by atoms with Crippen LogP contribution in [0.2, 0.25) is 0 Å². The maximum Gasteiger partial charge on any atom is 0.296 e. The Balaban J connectivity index is 2.47. The lowest BCUT2D eigenvalue weighted by Crippen LogP contribution is -2.31. The number of nitrogens with zero attached hydrogens (tertiary/aromatic N) is 4. The van der Waals surface area contributed by atoms with E-state index >= 15 is 0 Å². The minimum Gasteiger partial charge on any atom is -0.336 e. The first-order valence-electron chi connectivity index (χ1n) is 6.44. The van der Waals surface area contributed by atoms with Crippen molar-refractivity contribution in [2.45, 2.75) is 6.92 Å². The number of nitrogen functional groups attached to an aromatic ring is 1. The molecule has 3 rings (SSSR count). The highest BCUT2D eigenvalue weighted by molar-refractivity contribution is 5.83. The average Bonchev–Trinajstić information content (AvgIpc) is 2.52. The molecule has 0 saturated heterocycles. The Morgan fingerprint density at radius 2 is 1.82 bits per heavy atom. The molecular weight excluding hydrogens is 282 g/mol. The van der Waals surface area contributed by atoms with Crippen LogP contribution in [-0.2, 0) is 0 Å². The first kappa shape index (κ1) is 13.6. The molecule has 0 aliphatic carbocycles. The zero-order chi connectivity index (χ0) is 15.9. The Morgan fingerprint density at radius 1 is 1.14 bits per heavy atom. The molecule has 7 nitrogen and oxygen atoms in total. The lowest BCUT2D eigenvalue weighted by atomic mass is 10.1. The van der Waals surface area contributed by atoms with Crippen LogP contribution < -0.4 is 17.0 Å². The minimum absolute atomic E-state index is 0.0262. The smallest absolute Gasteiger partial charge is 0.296 e. The zero-order valence-electron chi connectivity index (χ0n) is 11.6. The fourth-order valence-electron chi connectivity index (χ4n) is 2.17. The van der Waals surface area contributed by atoms with E-state index in [9.17, 15) is 14.9 Å². The predicted molar refractivity (Wildman–Crippen MR) is 81.2 cm³/mol. The third-order valence-electron chi connectivity index (χ3n) is 3.36. The standard InChI is InChI=1S/C15H11N5O2/c1-9-2-4-10(5-3-9)20-14(21)12(8-16)11-6-7-19(17)15(22)13(11)18-20/h2-7H,17H2,1H3. The van der Waals surface area contributed by atoms with E-state index in [2.05, 4.69) is 5.10 Å². The predicted octanol–water partition coefficient (Wildman–Crippen LogP) is 0.441. The number of nitrogens with two attached hydrogens (primary N) is 1. The molecule has 108 valence electrons. The maximum absolute atomic E-state index is 12.4. The summed E-state index contributed by atoms with van der Waals surface area (Å²) in [4.78, 5) is 24.5. The van der Waals surface area contributed by atoms with Crippen LogP contribution in [0.4, 0.5) is 0 Å². The van der Waals surface area contributed by atoms with Crippen molar-refractivity contribution in [1.82, 2.24) is 14.5 Å². The average molecular weight is 293 g/mol. The fraction of sp³-hybridized carbons (Fsp3) is 0.0667. The van der Waals surface area contributed by atoms with Gasteiger partial charge < -0.3 is 5.84 Å². The maximum atomic E-state index is 12.4. The number of fused-ring (bicyclic) bond motifs is 1. The molecule has 2 aromatic heterocycles. The lowest BCUT2D eigenvalue weighted by Gasteiger charge is -2.08. The molecule has 0 radical (unpaired) electrons. The molecule has 0 unspecified atom stereocenters. The van der Waals surface area contributed by atoms with E-state index < -0.39 is 11.1 Å². The Labute approximate surface area is 124 Å². The minimum atomic E-state index is -0.576. The van der Waals surface area contributed by atoms with Gasteiger partial charge in [-0.3, -0.25) is 9.59 Å². The molecule has 2 N–H and O–H groups in total. The van der Waals surface area contributed by atoms with Crippen LogP contribution in [-0.4, -0.2) is 14.5 Å². The fourth-order valence-corrected chi connectivity index (χ4v) is 2.17. The van der Waals surface area contributed by atoms with Gasteiger partial charge in [0.1, 0.15) is 11.6 Å². The van der Waals surface area contributed by atoms with Gasteiger partial charge in [-0.05, 0) is 25.1 Å². The summed E-state index contributed by atoms with van der Waals surface area (Å²) in [6, 6.07) is 10.3. The molecule has 0 amide bonds. The third-order valence-corrected chi connectivity index (χ3v) is 3.36. The van der Waals surface area contributed by atoms with Crippen molar-refractivity contribution in [2.24, 2.45) is 0 Å². The van der Waals surface area contributed by atoms with Crippen LogP contribution in [0.3, 0.4) is 0 Å². The van der Waals surface area contributed by atoms with E-state index in [-0.39, 0.29) is 16.5 Å². The number of aryl methyl sites for hydroxylation is 1. The Hall–Kier alpha value is -3.40. The molecule has 0 saturated carbocycles. The molecule has 0 atom stereocenters. The second-order valence-electron chi connectivity index (χ2n) is 4.83. The summed E-state index contributed by atoms with van der Waals surface area (Å²) in [6.07, 6.45) is 1.29. The Kier molecular flexibility index (Phi) is 3.00. The van der Waals surface area contributed by atoms with Crippen LogP contribution in [0.5, 0.6) is 0 Å². The molecule has 22 heavy (non-hydrogen) atoms. The molecule has 7 heteroatoms. The molecule has 0 aliphatic rings. The van der Waals surface area contributed by atoms with Gasteiger partial charge in [0, 0.05) is 11.6 Å². The van der Waals surface area contributed by atoms with E-state index in [0.717, 1.165) is 14.9 Å². The van der Waals surface area contributed by atoms with Gasteiger partial charge in [-0.15, -0.1) is 0 Å². The van der Waals surface area contributed by atoms with Crippen molar-refractivity contribution < 1.29 is 0 Å². The number of hydrogen-bond donors (Lipinski definition) is 1. The molecular formula is C15H11N5O2. The van der Waals surface area contributed by atoms with E-state index in [4.69, 9.17) is 5.84 Å². The molecule has 0 bridgehead atoms. The van der Waals surface area contributed by atoms with Crippen molar-refractivity contribution in [2.75, 3.05) is 5.84 Å². The van der Waals surface area contributed by atoms with Crippen molar-refractivity contribution in [3.05, 3.63) is 68.4 Å². The number of benzene rings is 1. The highest BCUT2D eigenvalue weighted by atomic mass is 16.1. The molecule has 0 fully saturated rings. The highest BCUT2D eigenvalue weighted by Gasteiger charge is 2.15. The Morgan fingerprint density at radius 3 is 2.45 bits per heavy atom. The monoisotopic (exact) mass is 293 g/mol. The largest absolute Gasteiger partial charge is 0.336 e. The molecule has 0 spiro atoms. The van der Waals surface area contributed by atoms with Gasteiger partial charge in [0.2, 0.25) is 0 Å². The van der Waals surface area contributed by atoms with Gasteiger partial charge in [-0.25, -0.2) is 4.68 Å². The summed E-state index contributed by atoms with van der Waals surface area (Å²) in [5, 5.41) is 13.5. The van der Waals surface area contributed by atoms with Crippen molar-refractivity contribution >= 4 is 10.9 Å². The normalized spacial score (nSPS) is 10.5. The van der Waals surface area contributed by atoms with Gasteiger partial charge in [0.05, 0.1) is 5.69 Å². The van der Waals surface area contributed by atoms with E-state index in [1.54, 1.807) is 12.1 Å². The second-order valence-corrected chi connectivity index (χ2v) is 4.83. The first-order valence-corrected chi connectivity index (χ1v) is 6.44. The summed E-state index contributed by atoms with van der Waals surface area (Å²) in [6.45, 7) is 1.91. The number of nitriles is 1. The highest BCUT2D eigenvalue weighted by Crippen LogP contribution is 2.12.